The second-order valence-electron chi connectivity index (χ2n) is 5.19. The summed E-state index contributed by atoms with van der Waals surface area (Å²) in [6, 6.07) is 0. The summed E-state index contributed by atoms with van der Waals surface area (Å²) in [5.41, 5.74) is 0. The van der Waals surface area contributed by atoms with Gasteiger partial charge in [0.15, 0.2) is 0 Å². The molecule has 16 heavy (non-hydrogen) atoms. The number of hydrogen-bond acceptors (Lipinski definition) is 2. The summed E-state index contributed by atoms with van der Waals surface area (Å²) in [5, 5.41) is 8.68. The maximum atomic E-state index is 6.11. The molecule has 1 aromatic heterocycles. The van der Waals surface area contributed by atoms with E-state index in [0.717, 1.165) is 36.5 Å². The van der Waals surface area contributed by atoms with Crippen molar-refractivity contribution < 1.29 is 0 Å². The van der Waals surface area contributed by atoms with Crippen LogP contribution in [0.15, 0.2) is 0 Å². The number of rotatable bonds is 5. The summed E-state index contributed by atoms with van der Waals surface area (Å²) >= 11 is 6.11. The van der Waals surface area contributed by atoms with Crippen LogP contribution in [0.4, 0.5) is 0 Å². The maximum Gasteiger partial charge on any atom is 0.225 e. The molecule has 0 aromatic carbocycles. The van der Waals surface area contributed by atoms with Gasteiger partial charge in [0.05, 0.1) is 0 Å². The number of aryl methyl sites for hydroxylation is 1. The Morgan fingerprint density at radius 1 is 1.25 bits per heavy atom. The molecule has 2 aliphatic rings. The molecule has 3 nitrogen and oxygen atoms in total. The molecule has 1 aromatic rings. The Hall–Kier alpha value is -0.570. The predicted octanol–water partition coefficient (Wildman–Crippen LogP) is 2.93. The van der Waals surface area contributed by atoms with Crippen LogP contribution in [-0.2, 0) is 13.0 Å². The average molecular weight is 240 g/mol. The van der Waals surface area contributed by atoms with E-state index in [1.165, 1.54) is 25.7 Å². The molecule has 0 amide bonds. The second-order valence-corrected chi connectivity index (χ2v) is 5.53. The molecular formula is C12H18ClN3. The SMILES string of the molecule is CCc1nnc(Cl)n1CC(C1CC1)C1CC1. The van der Waals surface area contributed by atoms with Crippen molar-refractivity contribution in [1.29, 1.82) is 0 Å². The zero-order chi connectivity index (χ0) is 11.1. The summed E-state index contributed by atoms with van der Waals surface area (Å²) in [6.45, 7) is 3.16. The highest BCUT2D eigenvalue weighted by molar-refractivity contribution is 6.28. The van der Waals surface area contributed by atoms with E-state index in [0.29, 0.717) is 5.28 Å². The number of aromatic nitrogens is 3. The minimum atomic E-state index is 0.572. The lowest BCUT2D eigenvalue weighted by molar-refractivity contribution is 0.344. The normalized spacial score (nSPS) is 20.7. The van der Waals surface area contributed by atoms with Gasteiger partial charge in [-0.2, -0.15) is 0 Å². The van der Waals surface area contributed by atoms with Gasteiger partial charge in [0, 0.05) is 13.0 Å². The Labute approximate surface area is 101 Å². The minimum absolute atomic E-state index is 0.572. The van der Waals surface area contributed by atoms with Crippen molar-refractivity contribution in [1.82, 2.24) is 14.8 Å². The molecule has 0 radical (unpaired) electrons. The van der Waals surface area contributed by atoms with Gasteiger partial charge in [-0.25, -0.2) is 0 Å². The molecule has 2 fully saturated rings. The highest BCUT2D eigenvalue weighted by atomic mass is 35.5. The Morgan fingerprint density at radius 3 is 2.38 bits per heavy atom. The highest BCUT2D eigenvalue weighted by Crippen LogP contribution is 2.50. The van der Waals surface area contributed by atoms with Crippen molar-refractivity contribution >= 4 is 11.6 Å². The topological polar surface area (TPSA) is 30.7 Å². The monoisotopic (exact) mass is 239 g/mol. The molecule has 0 saturated heterocycles. The van der Waals surface area contributed by atoms with E-state index in [-0.39, 0.29) is 0 Å². The third-order valence-corrected chi connectivity index (χ3v) is 4.23. The van der Waals surface area contributed by atoms with Crippen LogP contribution < -0.4 is 0 Å². The largest absolute Gasteiger partial charge is 0.301 e. The molecular weight excluding hydrogens is 222 g/mol. The Morgan fingerprint density at radius 2 is 1.88 bits per heavy atom. The van der Waals surface area contributed by atoms with Gasteiger partial charge in [-0.3, -0.25) is 0 Å². The first-order chi connectivity index (χ1) is 7.79. The molecule has 0 atom stereocenters. The van der Waals surface area contributed by atoms with E-state index < -0.39 is 0 Å². The molecule has 1 heterocycles. The van der Waals surface area contributed by atoms with Gasteiger partial charge in [-0.15, -0.1) is 10.2 Å². The maximum absolute atomic E-state index is 6.11. The Balaban J connectivity index is 1.77. The molecule has 0 unspecified atom stereocenters. The molecule has 2 saturated carbocycles. The van der Waals surface area contributed by atoms with Crippen molar-refractivity contribution in [2.24, 2.45) is 17.8 Å². The summed E-state index contributed by atoms with van der Waals surface area (Å²) in [7, 11) is 0. The molecule has 0 spiro atoms. The van der Waals surface area contributed by atoms with Crippen LogP contribution in [0, 0.1) is 17.8 Å². The zero-order valence-electron chi connectivity index (χ0n) is 9.69. The van der Waals surface area contributed by atoms with E-state index in [2.05, 4.69) is 21.7 Å². The Kier molecular flexibility index (Phi) is 2.66. The second kappa shape index (κ2) is 4.02. The van der Waals surface area contributed by atoms with Crippen molar-refractivity contribution in [2.45, 2.75) is 45.6 Å². The van der Waals surface area contributed by atoms with Crippen molar-refractivity contribution in [3.63, 3.8) is 0 Å². The van der Waals surface area contributed by atoms with Crippen LogP contribution >= 0.6 is 11.6 Å². The molecule has 0 bridgehead atoms. The van der Waals surface area contributed by atoms with Gasteiger partial charge < -0.3 is 4.57 Å². The van der Waals surface area contributed by atoms with Crippen molar-refractivity contribution in [2.75, 3.05) is 0 Å². The number of halogens is 1. The minimum Gasteiger partial charge on any atom is -0.301 e. The quantitative estimate of drug-likeness (QED) is 0.791. The zero-order valence-corrected chi connectivity index (χ0v) is 10.5. The van der Waals surface area contributed by atoms with Gasteiger partial charge in [0.1, 0.15) is 5.82 Å². The molecule has 88 valence electrons. The Bertz CT molecular complexity index is 368. The van der Waals surface area contributed by atoms with E-state index >= 15 is 0 Å². The summed E-state index contributed by atoms with van der Waals surface area (Å²) in [6.07, 6.45) is 6.59. The fourth-order valence-electron chi connectivity index (χ4n) is 2.70. The van der Waals surface area contributed by atoms with Gasteiger partial charge in [0.2, 0.25) is 5.28 Å². The summed E-state index contributed by atoms with van der Waals surface area (Å²) < 4.78 is 2.13. The van der Waals surface area contributed by atoms with E-state index in [4.69, 9.17) is 11.6 Å². The third-order valence-electron chi connectivity index (χ3n) is 3.95. The lowest BCUT2D eigenvalue weighted by Crippen LogP contribution is -2.17. The predicted molar refractivity (Wildman–Crippen MR) is 63.3 cm³/mol. The molecule has 2 aliphatic carbocycles. The van der Waals surface area contributed by atoms with Crippen LogP contribution in [0.25, 0.3) is 0 Å². The standard InChI is InChI=1S/C12H18ClN3/c1-2-11-14-15-12(13)16(11)7-10(8-3-4-8)9-5-6-9/h8-10H,2-7H2,1H3. The molecule has 3 rings (SSSR count). The molecule has 4 heteroatoms. The van der Waals surface area contributed by atoms with E-state index in [1.54, 1.807) is 0 Å². The fourth-order valence-corrected chi connectivity index (χ4v) is 2.90. The van der Waals surface area contributed by atoms with Gasteiger partial charge >= 0.3 is 0 Å². The first-order valence-corrected chi connectivity index (χ1v) is 6.75. The number of hydrogen-bond donors (Lipinski definition) is 0. The smallest absolute Gasteiger partial charge is 0.225 e. The average Bonchev–Trinajstić information content (AvgIpc) is 3.15. The summed E-state index contributed by atoms with van der Waals surface area (Å²) in [4.78, 5) is 0. The van der Waals surface area contributed by atoms with Crippen LogP contribution in [0.5, 0.6) is 0 Å². The third kappa shape index (κ3) is 1.97. The van der Waals surface area contributed by atoms with E-state index in [9.17, 15) is 0 Å². The van der Waals surface area contributed by atoms with Crippen molar-refractivity contribution in [3.05, 3.63) is 11.1 Å². The van der Waals surface area contributed by atoms with Crippen LogP contribution in [0.3, 0.4) is 0 Å². The first-order valence-electron chi connectivity index (χ1n) is 6.37. The van der Waals surface area contributed by atoms with Crippen LogP contribution in [0.1, 0.15) is 38.4 Å². The molecule has 0 N–H and O–H groups in total. The first kappa shape index (κ1) is 10.6. The summed E-state index contributed by atoms with van der Waals surface area (Å²) in [5.74, 6) is 3.78. The fraction of sp³-hybridized carbons (Fsp3) is 0.833. The van der Waals surface area contributed by atoms with Gasteiger partial charge in [-0.1, -0.05) is 6.92 Å². The van der Waals surface area contributed by atoms with Gasteiger partial charge in [-0.05, 0) is 55.0 Å². The lowest BCUT2D eigenvalue weighted by atomic mass is 9.98. The van der Waals surface area contributed by atoms with E-state index in [1.807, 2.05) is 0 Å². The highest BCUT2D eigenvalue weighted by Gasteiger charge is 2.41. The van der Waals surface area contributed by atoms with Crippen LogP contribution in [0.2, 0.25) is 5.28 Å². The van der Waals surface area contributed by atoms with Crippen LogP contribution in [-0.4, -0.2) is 14.8 Å². The van der Waals surface area contributed by atoms with Crippen molar-refractivity contribution in [3.8, 4) is 0 Å². The molecule has 0 aliphatic heterocycles. The number of nitrogens with zero attached hydrogens (tertiary/aromatic N) is 3. The lowest BCUT2D eigenvalue weighted by Gasteiger charge is -2.17. The van der Waals surface area contributed by atoms with Gasteiger partial charge in [0.25, 0.3) is 0 Å².